The summed E-state index contributed by atoms with van der Waals surface area (Å²) in [6.07, 6.45) is 1.01. The second-order valence-electron chi connectivity index (χ2n) is 4.60. The largest absolute Gasteiger partial charge is 0.395 e. The zero-order valence-electron chi connectivity index (χ0n) is 12.3. The molecule has 1 atom stereocenters. The number of aliphatic hydroxyl groups is 1. The van der Waals surface area contributed by atoms with E-state index in [9.17, 15) is 8.42 Å². The summed E-state index contributed by atoms with van der Waals surface area (Å²) in [7, 11) is -1.94. The van der Waals surface area contributed by atoms with Crippen LogP contribution in [0.4, 0.5) is 0 Å². The Morgan fingerprint density at radius 3 is 2.57 bits per heavy atom. The molecule has 0 saturated heterocycles. The van der Waals surface area contributed by atoms with Crippen LogP contribution in [0.25, 0.3) is 0 Å². The lowest BCUT2D eigenvalue weighted by molar-refractivity contribution is 0.188. The third-order valence-electron chi connectivity index (χ3n) is 2.75. The fraction of sp³-hybridized carbons (Fsp3) is 0.467. The molecule has 0 saturated carbocycles. The van der Waals surface area contributed by atoms with Crippen LogP contribution in [0.2, 0.25) is 0 Å². The smallest absolute Gasteiger partial charge is 0.240 e. The van der Waals surface area contributed by atoms with Crippen LogP contribution >= 0.6 is 0 Å². The SMILES string of the molecule is COCCC(C)NS(=O)(=O)c1ccc(C#CCCO)cc1. The zero-order chi connectivity index (χ0) is 15.7. The van der Waals surface area contributed by atoms with Crippen molar-refractivity contribution in [2.75, 3.05) is 20.3 Å². The number of nitrogens with one attached hydrogen (secondary N) is 1. The van der Waals surface area contributed by atoms with Crippen LogP contribution in [-0.4, -0.2) is 39.9 Å². The highest BCUT2D eigenvalue weighted by Gasteiger charge is 2.16. The van der Waals surface area contributed by atoms with Gasteiger partial charge in [0.25, 0.3) is 0 Å². The molecule has 0 amide bonds. The van der Waals surface area contributed by atoms with Gasteiger partial charge in [0.05, 0.1) is 11.5 Å². The summed E-state index contributed by atoms with van der Waals surface area (Å²) in [5, 5.41) is 8.64. The van der Waals surface area contributed by atoms with Gasteiger partial charge in [0.15, 0.2) is 0 Å². The van der Waals surface area contributed by atoms with Gasteiger partial charge in [-0.1, -0.05) is 11.8 Å². The number of benzene rings is 1. The van der Waals surface area contributed by atoms with Crippen molar-refractivity contribution in [1.82, 2.24) is 4.72 Å². The van der Waals surface area contributed by atoms with Crippen LogP contribution in [0.1, 0.15) is 25.3 Å². The molecule has 0 radical (unpaired) electrons. The van der Waals surface area contributed by atoms with Crippen molar-refractivity contribution in [3.63, 3.8) is 0 Å². The van der Waals surface area contributed by atoms with Gasteiger partial charge >= 0.3 is 0 Å². The van der Waals surface area contributed by atoms with Gasteiger partial charge in [-0.15, -0.1) is 0 Å². The molecule has 116 valence electrons. The molecule has 0 fully saturated rings. The van der Waals surface area contributed by atoms with Gasteiger partial charge in [-0.2, -0.15) is 0 Å². The average Bonchev–Trinajstić information content (AvgIpc) is 2.45. The van der Waals surface area contributed by atoms with Crippen molar-refractivity contribution in [3.8, 4) is 11.8 Å². The molecule has 0 aromatic heterocycles. The van der Waals surface area contributed by atoms with Gasteiger partial charge in [0, 0.05) is 31.7 Å². The van der Waals surface area contributed by atoms with Crippen LogP contribution in [0.15, 0.2) is 29.2 Å². The minimum Gasteiger partial charge on any atom is -0.395 e. The van der Waals surface area contributed by atoms with E-state index < -0.39 is 10.0 Å². The summed E-state index contributed by atoms with van der Waals surface area (Å²) in [5.74, 6) is 5.64. The van der Waals surface area contributed by atoms with Crippen molar-refractivity contribution >= 4 is 10.0 Å². The van der Waals surface area contributed by atoms with Crippen LogP contribution in [0.5, 0.6) is 0 Å². The van der Waals surface area contributed by atoms with E-state index in [-0.39, 0.29) is 17.5 Å². The Labute approximate surface area is 126 Å². The topological polar surface area (TPSA) is 75.6 Å². The number of ether oxygens (including phenoxy) is 1. The molecule has 1 aromatic carbocycles. The van der Waals surface area contributed by atoms with E-state index in [0.717, 1.165) is 5.56 Å². The van der Waals surface area contributed by atoms with Gasteiger partial charge in [-0.05, 0) is 37.6 Å². The molecule has 21 heavy (non-hydrogen) atoms. The molecule has 0 aliphatic carbocycles. The number of hydrogen-bond acceptors (Lipinski definition) is 4. The zero-order valence-corrected chi connectivity index (χ0v) is 13.1. The average molecular weight is 311 g/mol. The van der Waals surface area contributed by atoms with E-state index in [1.165, 1.54) is 12.1 Å². The summed E-state index contributed by atoms with van der Waals surface area (Å²) in [6, 6.07) is 6.15. The van der Waals surface area contributed by atoms with Gasteiger partial charge < -0.3 is 9.84 Å². The Kier molecular flexibility index (Phi) is 7.40. The van der Waals surface area contributed by atoms with Crippen molar-refractivity contribution < 1.29 is 18.3 Å². The van der Waals surface area contributed by atoms with Crippen molar-refractivity contribution in [1.29, 1.82) is 0 Å². The number of hydrogen-bond donors (Lipinski definition) is 2. The lowest BCUT2D eigenvalue weighted by Gasteiger charge is -2.13. The molecule has 1 rings (SSSR count). The summed E-state index contributed by atoms with van der Waals surface area (Å²) in [6.45, 7) is 2.32. The van der Waals surface area contributed by atoms with Crippen LogP contribution in [0, 0.1) is 11.8 Å². The lowest BCUT2D eigenvalue weighted by Crippen LogP contribution is -2.33. The minimum atomic E-state index is -3.53. The molecule has 2 N–H and O–H groups in total. The van der Waals surface area contributed by atoms with E-state index in [1.54, 1.807) is 26.2 Å². The Morgan fingerprint density at radius 2 is 2.00 bits per heavy atom. The van der Waals surface area contributed by atoms with E-state index >= 15 is 0 Å². The molecule has 0 aliphatic rings. The molecule has 0 bridgehead atoms. The molecule has 0 heterocycles. The Hall–Kier alpha value is -1.39. The fourth-order valence-corrected chi connectivity index (χ4v) is 2.90. The predicted octanol–water partition coefficient (Wildman–Crippen LogP) is 1.12. The van der Waals surface area contributed by atoms with Gasteiger partial charge in [-0.3, -0.25) is 0 Å². The summed E-state index contributed by atoms with van der Waals surface area (Å²) >= 11 is 0. The van der Waals surface area contributed by atoms with Crippen LogP contribution in [-0.2, 0) is 14.8 Å². The van der Waals surface area contributed by atoms with E-state index in [0.29, 0.717) is 19.4 Å². The maximum Gasteiger partial charge on any atom is 0.240 e. The van der Waals surface area contributed by atoms with Crippen LogP contribution in [0.3, 0.4) is 0 Å². The monoisotopic (exact) mass is 311 g/mol. The van der Waals surface area contributed by atoms with E-state index in [1.807, 2.05) is 0 Å². The Bertz CT molecular complexity index is 584. The maximum absolute atomic E-state index is 12.2. The molecular weight excluding hydrogens is 290 g/mol. The first-order valence-corrected chi connectivity index (χ1v) is 8.19. The molecule has 1 aromatic rings. The third kappa shape index (κ3) is 6.27. The number of methoxy groups -OCH3 is 1. The third-order valence-corrected chi connectivity index (χ3v) is 4.35. The fourth-order valence-electron chi connectivity index (χ4n) is 1.62. The number of aliphatic hydroxyl groups excluding tert-OH is 1. The van der Waals surface area contributed by atoms with E-state index in [4.69, 9.17) is 9.84 Å². The molecule has 5 nitrogen and oxygen atoms in total. The first kappa shape index (κ1) is 17.7. The number of rotatable bonds is 7. The highest BCUT2D eigenvalue weighted by Crippen LogP contribution is 2.11. The summed E-state index contributed by atoms with van der Waals surface area (Å²) in [4.78, 5) is 0.208. The van der Waals surface area contributed by atoms with Crippen molar-refractivity contribution in [3.05, 3.63) is 29.8 Å². The second-order valence-corrected chi connectivity index (χ2v) is 6.32. The normalized spacial score (nSPS) is 12.5. The Balaban J connectivity index is 2.74. The quantitative estimate of drug-likeness (QED) is 0.740. The number of sulfonamides is 1. The molecule has 1 unspecified atom stereocenters. The first-order chi connectivity index (χ1) is 9.99. The standard InChI is InChI=1S/C15H21NO4S/c1-13(10-12-20-2)16-21(18,19)15-8-6-14(7-9-15)5-3-4-11-17/h6-9,13,16-17H,4,10-12H2,1-2H3. The minimum absolute atomic E-state index is 0.0166. The van der Waals surface area contributed by atoms with Gasteiger partial charge in [0.2, 0.25) is 10.0 Å². The van der Waals surface area contributed by atoms with Crippen molar-refractivity contribution in [2.24, 2.45) is 0 Å². The van der Waals surface area contributed by atoms with E-state index in [2.05, 4.69) is 16.6 Å². The maximum atomic E-state index is 12.2. The van der Waals surface area contributed by atoms with Gasteiger partial charge in [0.1, 0.15) is 0 Å². The molecule has 0 aliphatic heterocycles. The first-order valence-electron chi connectivity index (χ1n) is 6.70. The Morgan fingerprint density at radius 1 is 1.33 bits per heavy atom. The highest BCUT2D eigenvalue weighted by molar-refractivity contribution is 7.89. The second kappa shape index (κ2) is 8.80. The predicted molar refractivity (Wildman–Crippen MR) is 81.3 cm³/mol. The van der Waals surface area contributed by atoms with Crippen LogP contribution < -0.4 is 4.72 Å². The van der Waals surface area contributed by atoms with Gasteiger partial charge in [-0.25, -0.2) is 13.1 Å². The summed E-state index contributed by atoms with van der Waals surface area (Å²) < 4.78 is 31.8. The summed E-state index contributed by atoms with van der Waals surface area (Å²) in [5.41, 5.74) is 0.717. The lowest BCUT2D eigenvalue weighted by atomic mass is 10.2. The molecule has 0 spiro atoms. The molecular formula is C15H21NO4S. The highest BCUT2D eigenvalue weighted by atomic mass is 32.2. The molecule has 6 heteroatoms. The van der Waals surface area contributed by atoms with Crippen molar-refractivity contribution in [2.45, 2.75) is 30.7 Å².